The summed E-state index contributed by atoms with van der Waals surface area (Å²) in [7, 11) is -4.04. The fourth-order valence-electron chi connectivity index (χ4n) is 9.89. The summed E-state index contributed by atoms with van der Waals surface area (Å²) < 4.78 is 41.8. The molecule has 0 aromatic heterocycles. The first-order valence-electron chi connectivity index (χ1n) is 19.7. The van der Waals surface area contributed by atoms with Crippen LogP contribution in [-0.2, 0) is 31.4 Å². The van der Waals surface area contributed by atoms with Gasteiger partial charge in [0.1, 0.15) is 5.75 Å². The molecule has 2 aromatic rings. The predicted molar refractivity (Wildman–Crippen MR) is 208 cm³/mol. The van der Waals surface area contributed by atoms with Crippen molar-refractivity contribution in [2.24, 2.45) is 17.8 Å². The molecule has 13 heteroatoms. The van der Waals surface area contributed by atoms with Crippen LogP contribution >= 0.6 is 11.6 Å². The second-order valence-electron chi connectivity index (χ2n) is 16.8. The van der Waals surface area contributed by atoms with E-state index in [-0.39, 0.29) is 47.1 Å². The van der Waals surface area contributed by atoms with Gasteiger partial charge in [-0.15, -0.1) is 0 Å². The second kappa shape index (κ2) is 14.7. The van der Waals surface area contributed by atoms with Gasteiger partial charge in [-0.3, -0.25) is 14.5 Å². The van der Waals surface area contributed by atoms with Gasteiger partial charge in [0.25, 0.3) is 5.91 Å². The van der Waals surface area contributed by atoms with E-state index in [1.54, 1.807) is 31.2 Å². The zero-order valence-corrected chi connectivity index (χ0v) is 32.9. The SMILES string of the molecule is C[C@@H]1[C@@H](C)C/C=C\[C@@](O)(CC(=O)N2CCN3CCOC[C@@H]3C2)[C@@H]2CC[C@H]2CN2C[C@@]3(CCCc4cc(Cl)ccc43)COc3ccc(cc32)C(=O)NS1(=O)=O. The average molecular weight is 781 g/mol. The summed E-state index contributed by atoms with van der Waals surface area (Å²) in [6.45, 7) is 9.20. The van der Waals surface area contributed by atoms with E-state index in [1.807, 2.05) is 24.0 Å². The molecule has 1 saturated carbocycles. The van der Waals surface area contributed by atoms with Crippen molar-refractivity contribution in [3.05, 3.63) is 70.3 Å². The molecule has 6 aliphatic rings. The Morgan fingerprint density at radius 1 is 1.09 bits per heavy atom. The summed E-state index contributed by atoms with van der Waals surface area (Å²) >= 11 is 6.47. The number of nitrogens with one attached hydrogen (secondary N) is 1. The molecule has 2 bridgehead atoms. The number of morpholine rings is 1. The first-order chi connectivity index (χ1) is 25.8. The Bertz CT molecular complexity index is 1930. The van der Waals surface area contributed by atoms with Crippen LogP contribution in [0.15, 0.2) is 48.6 Å². The Hall–Kier alpha value is -3.16. The van der Waals surface area contributed by atoms with Gasteiger partial charge in [0, 0.05) is 55.3 Å². The van der Waals surface area contributed by atoms with Gasteiger partial charge in [0.2, 0.25) is 15.9 Å². The van der Waals surface area contributed by atoms with Crippen molar-refractivity contribution in [1.82, 2.24) is 14.5 Å². The van der Waals surface area contributed by atoms with E-state index >= 15 is 0 Å². The van der Waals surface area contributed by atoms with E-state index in [9.17, 15) is 23.1 Å². The lowest BCUT2D eigenvalue weighted by molar-refractivity contribution is -0.145. The van der Waals surface area contributed by atoms with E-state index in [4.69, 9.17) is 21.1 Å². The molecule has 0 unspecified atom stereocenters. The van der Waals surface area contributed by atoms with Crippen molar-refractivity contribution >= 4 is 39.1 Å². The number of hydrogen-bond acceptors (Lipinski definition) is 9. The molecule has 2 N–H and O–H groups in total. The number of nitrogens with zero attached hydrogens (tertiary/aromatic N) is 3. The maximum atomic E-state index is 14.1. The molecule has 2 aliphatic carbocycles. The van der Waals surface area contributed by atoms with Gasteiger partial charge in [0.15, 0.2) is 0 Å². The molecule has 2 amide bonds. The largest absolute Gasteiger partial charge is 0.490 e. The average Bonchev–Trinajstić information content (AvgIpc) is 3.28. The number of aryl methyl sites for hydroxylation is 1. The second-order valence-corrected chi connectivity index (χ2v) is 19.3. The van der Waals surface area contributed by atoms with E-state index in [1.165, 1.54) is 11.1 Å². The first kappa shape index (κ1) is 37.7. The smallest absolute Gasteiger partial charge is 0.264 e. The Morgan fingerprint density at radius 3 is 2.76 bits per heavy atom. The standard InChI is InChI=1S/C41H53ClN4O7S/c1-27-5-3-14-41(49,21-38(47)45-16-15-44-17-18-52-24-33(44)23-45)35-10-7-31(35)22-46-25-40(13-4-6-29-19-32(42)9-11-34(29)40)26-53-37-12-8-30(20-36(37)46)39(48)43-54(50,51)28(27)2/h3,8-9,11-12,14,19-20,27-28,31,33,35,49H,4-7,10,13,15-18,21-26H2,1-2H3,(H,43,48)/b14-3-/t27-,28+,31-,33-,35+,40-,41+/m0/s1. The molecule has 54 heavy (non-hydrogen) atoms. The molecule has 4 aliphatic heterocycles. The molecule has 7 atom stereocenters. The van der Waals surface area contributed by atoms with Crippen LogP contribution in [0.1, 0.15) is 73.9 Å². The van der Waals surface area contributed by atoms with Gasteiger partial charge >= 0.3 is 0 Å². The molecule has 3 fully saturated rings. The van der Waals surface area contributed by atoms with Gasteiger partial charge < -0.3 is 24.4 Å². The lowest BCUT2D eigenvalue weighted by Gasteiger charge is -2.50. The minimum absolute atomic E-state index is 0.0432. The van der Waals surface area contributed by atoms with E-state index in [2.05, 4.69) is 26.7 Å². The highest BCUT2D eigenvalue weighted by atomic mass is 35.5. The van der Waals surface area contributed by atoms with Crippen molar-refractivity contribution in [2.45, 2.75) is 81.1 Å². The van der Waals surface area contributed by atoms with E-state index in [0.717, 1.165) is 50.9 Å². The highest BCUT2D eigenvalue weighted by molar-refractivity contribution is 7.90. The summed E-state index contributed by atoms with van der Waals surface area (Å²) in [5.74, 6) is -0.637. The summed E-state index contributed by atoms with van der Waals surface area (Å²) in [6.07, 6.45) is 8.39. The summed E-state index contributed by atoms with van der Waals surface area (Å²) in [4.78, 5) is 34.3. The van der Waals surface area contributed by atoms with Gasteiger partial charge in [-0.2, -0.15) is 0 Å². The number of amides is 2. The maximum Gasteiger partial charge on any atom is 0.264 e. The van der Waals surface area contributed by atoms with Gasteiger partial charge in [-0.1, -0.05) is 36.7 Å². The lowest BCUT2D eigenvalue weighted by atomic mass is 9.63. The molecule has 2 aromatic carbocycles. The van der Waals surface area contributed by atoms with Crippen LogP contribution in [0.25, 0.3) is 0 Å². The van der Waals surface area contributed by atoms with Crippen LogP contribution < -0.4 is 14.4 Å². The zero-order chi connectivity index (χ0) is 37.8. The number of piperazine rings is 1. The summed E-state index contributed by atoms with van der Waals surface area (Å²) in [6, 6.07) is 11.4. The van der Waals surface area contributed by atoms with Crippen LogP contribution in [0, 0.1) is 17.8 Å². The van der Waals surface area contributed by atoms with Crippen molar-refractivity contribution in [3.63, 3.8) is 0 Å². The number of allylic oxidation sites excluding steroid dienone is 1. The van der Waals surface area contributed by atoms with Crippen molar-refractivity contribution in [1.29, 1.82) is 0 Å². The topological polar surface area (TPSA) is 129 Å². The number of hydrogen-bond donors (Lipinski definition) is 2. The normalized spacial score (nSPS) is 34.6. The minimum atomic E-state index is -4.04. The zero-order valence-electron chi connectivity index (χ0n) is 31.3. The lowest BCUT2D eigenvalue weighted by Crippen LogP contribution is -2.60. The Kier molecular flexibility index (Phi) is 10.3. The number of fused-ring (bicyclic) bond motifs is 5. The number of anilines is 1. The molecule has 2 saturated heterocycles. The van der Waals surface area contributed by atoms with Crippen LogP contribution in [-0.4, -0.2) is 111 Å². The van der Waals surface area contributed by atoms with Crippen LogP contribution in [0.3, 0.4) is 0 Å². The first-order valence-corrected chi connectivity index (χ1v) is 21.6. The Morgan fingerprint density at radius 2 is 1.94 bits per heavy atom. The third kappa shape index (κ3) is 7.17. The predicted octanol–water partition coefficient (Wildman–Crippen LogP) is 4.55. The monoisotopic (exact) mass is 780 g/mol. The number of carbonyl (C=O) groups excluding carboxylic acids is 2. The van der Waals surface area contributed by atoms with Crippen molar-refractivity contribution in [3.8, 4) is 5.75 Å². The summed E-state index contributed by atoms with van der Waals surface area (Å²) in [5, 5.41) is 12.5. The third-order valence-electron chi connectivity index (χ3n) is 13.5. The molecular weight excluding hydrogens is 728 g/mol. The fourth-order valence-corrected chi connectivity index (χ4v) is 11.4. The van der Waals surface area contributed by atoms with E-state index < -0.39 is 26.8 Å². The molecule has 8 rings (SSSR count). The van der Waals surface area contributed by atoms with Crippen LogP contribution in [0.4, 0.5) is 5.69 Å². The summed E-state index contributed by atoms with van der Waals surface area (Å²) in [5.41, 5.74) is 1.61. The fraction of sp³-hybridized carbons (Fsp3) is 0.610. The number of rotatable bonds is 2. The van der Waals surface area contributed by atoms with Crippen LogP contribution in [0.5, 0.6) is 5.75 Å². The van der Waals surface area contributed by atoms with Crippen molar-refractivity contribution < 1.29 is 32.6 Å². The van der Waals surface area contributed by atoms with Gasteiger partial charge in [-0.25, -0.2) is 13.1 Å². The Balaban J connectivity index is 1.16. The van der Waals surface area contributed by atoms with Gasteiger partial charge in [-0.05, 0) is 105 Å². The molecule has 292 valence electrons. The third-order valence-corrected chi connectivity index (χ3v) is 15.6. The number of benzene rings is 2. The highest BCUT2D eigenvalue weighted by Gasteiger charge is 2.49. The van der Waals surface area contributed by atoms with Gasteiger partial charge in [0.05, 0.1) is 48.8 Å². The Labute approximate surface area is 324 Å². The quantitative estimate of drug-likeness (QED) is 0.422. The highest BCUT2D eigenvalue weighted by Crippen LogP contribution is 2.49. The number of ether oxygens (including phenoxy) is 2. The molecule has 11 nitrogen and oxygen atoms in total. The molecular formula is C41H53ClN4O7S. The number of aliphatic hydroxyl groups is 1. The maximum absolute atomic E-state index is 14.1. The minimum Gasteiger partial charge on any atom is -0.490 e. The number of carbonyl (C=O) groups is 2. The van der Waals surface area contributed by atoms with Crippen molar-refractivity contribution in [2.75, 3.05) is 64.0 Å². The number of sulfonamides is 1. The molecule has 0 radical (unpaired) electrons. The molecule has 1 spiro atoms. The molecule has 4 heterocycles. The number of halogens is 1. The van der Waals surface area contributed by atoms with E-state index in [0.29, 0.717) is 63.2 Å². The van der Waals surface area contributed by atoms with Crippen LogP contribution in [0.2, 0.25) is 5.02 Å².